The van der Waals surface area contributed by atoms with Crippen LogP contribution in [-0.2, 0) is 24.2 Å². The predicted octanol–water partition coefficient (Wildman–Crippen LogP) is 3.60. The van der Waals surface area contributed by atoms with Gasteiger partial charge in [-0.2, -0.15) is 0 Å². The molecule has 1 aliphatic heterocycles. The van der Waals surface area contributed by atoms with Gasteiger partial charge in [0, 0.05) is 37.9 Å². The Balaban J connectivity index is 0.00000320. The second-order valence-corrected chi connectivity index (χ2v) is 8.46. The van der Waals surface area contributed by atoms with E-state index in [0.29, 0.717) is 18.9 Å². The molecule has 1 fully saturated rings. The van der Waals surface area contributed by atoms with Gasteiger partial charge >= 0.3 is 0 Å². The molecule has 1 aliphatic rings. The molecular weight excluding hydrogens is 509 g/mol. The van der Waals surface area contributed by atoms with Crippen LogP contribution in [0.4, 0.5) is 0 Å². The topological polar surface area (TPSA) is 83.6 Å². The van der Waals surface area contributed by atoms with Gasteiger partial charge in [-0.25, -0.2) is 9.98 Å². The molecule has 1 aromatic carbocycles. The van der Waals surface area contributed by atoms with E-state index in [1.165, 1.54) is 5.56 Å². The number of nitrogens with one attached hydrogen (secondary N) is 1. The fourth-order valence-corrected chi connectivity index (χ4v) is 4.51. The lowest BCUT2D eigenvalue weighted by molar-refractivity contribution is -0.119. The lowest BCUT2D eigenvalue weighted by atomic mass is 9.95. The van der Waals surface area contributed by atoms with Gasteiger partial charge in [0.15, 0.2) is 5.96 Å². The van der Waals surface area contributed by atoms with Crippen LogP contribution in [0.15, 0.2) is 40.7 Å². The van der Waals surface area contributed by atoms with Crippen molar-refractivity contribution in [2.45, 2.75) is 45.6 Å². The maximum Gasteiger partial charge on any atom is 0.217 e. The van der Waals surface area contributed by atoms with Crippen LogP contribution in [-0.4, -0.2) is 41.4 Å². The van der Waals surface area contributed by atoms with E-state index in [9.17, 15) is 4.79 Å². The van der Waals surface area contributed by atoms with Crippen molar-refractivity contribution >= 4 is 47.2 Å². The second-order valence-electron chi connectivity index (χ2n) is 7.51. The van der Waals surface area contributed by atoms with Gasteiger partial charge in [0.2, 0.25) is 5.91 Å². The normalized spacial score (nSPS) is 16.8. The summed E-state index contributed by atoms with van der Waals surface area (Å²) in [6.45, 7) is 5.25. The van der Waals surface area contributed by atoms with Gasteiger partial charge in [-0.05, 0) is 37.7 Å². The Bertz CT molecular complexity index is 811. The molecule has 0 saturated carbocycles. The third-order valence-corrected chi connectivity index (χ3v) is 6.06. The van der Waals surface area contributed by atoms with E-state index >= 15 is 0 Å². The van der Waals surface area contributed by atoms with E-state index in [0.717, 1.165) is 62.0 Å². The number of aromatic nitrogens is 1. The van der Waals surface area contributed by atoms with Gasteiger partial charge in [0.1, 0.15) is 0 Å². The van der Waals surface area contributed by atoms with Gasteiger partial charge < -0.3 is 16.0 Å². The molecule has 2 aromatic rings. The van der Waals surface area contributed by atoms with Gasteiger partial charge in [-0.3, -0.25) is 4.79 Å². The SMILES string of the molecule is CCNC(=NCc1csc(CCc2ccccc2)n1)N1CCCC(CC(N)=O)C1.I. The Hall–Kier alpha value is -1.68. The average molecular weight is 542 g/mol. The summed E-state index contributed by atoms with van der Waals surface area (Å²) in [5.41, 5.74) is 7.75. The molecule has 1 amide bonds. The molecule has 6 nitrogen and oxygen atoms in total. The maximum atomic E-state index is 11.3. The molecule has 164 valence electrons. The van der Waals surface area contributed by atoms with E-state index in [4.69, 9.17) is 15.7 Å². The van der Waals surface area contributed by atoms with Crippen LogP contribution >= 0.6 is 35.3 Å². The predicted molar refractivity (Wildman–Crippen MR) is 134 cm³/mol. The number of carbonyl (C=O) groups excluding carboxylic acids is 1. The van der Waals surface area contributed by atoms with Crippen LogP contribution < -0.4 is 11.1 Å². The third kappa shape index (κ3) is 7.86. The van der Waals surface area contributed by atoms with Crippen molar-refractivity contribution in [3.8, 4) is 0 Å². The molecule has 3 rings (SSSR count). The van der Waals surface area contributed by atoms with E-state index in [1.807, 2.05) is 6.07 Å². The highest BCUT2D eigenvalue weighted by atomic mass is 127. The fraction of sp³-hybridized carbons (Fsp3) is 0.500. The summed E-state index contributed by atoms with van der Waals surface area (Å²) in [7, 11) is 0. The monoisotopic (exact) mass is 541 g/mol. The first-order valence-corrected chi connectivity index (χ1v) is 11.3. The molecule has 1 unspecified atom stereocenters. The van der Waals surface area contributed by atoms with Gasteiger partial charge in [0.05, 0.1) is 17.2 Å². The molecule has 0 radical (unpaired) electrons. The Morgan fingerprint density at radius 2 is 2.13 bits per heavy atom. The van der Waals surface area contributed by atoms with Crippen molar-refractivity contribution in [3.05, 3.63) is 52.0 Å². The lowest BCUT2D eigenvalue weighted by Gasteiger charge is -2.34. The minimum absolute atomic E-state index is 0. The van der Waals surface area contributed by atoms with Gasteiger partial charge in [0.25, 0.3) is 0 Å². The summed E-state index contributed by atoms with van der Waals surface area (Å²) >= 11 is 1.71. The van der Waals surface area contributed by atoms with Gasteiger partial charge in [-0.1, -0.05) is 30.3 Å². The number of hydrogen-bond donors (Lipinski definition) is 2. The van der Waals surface area contributed by atoms with Crippen LogP contribution in [0.5, 0.6) is 0 Å². The fourth-order valence-electron chi connectivity index (χ4n) is 3.72. The van der Waals surface area contributed by atoms with Crippen molar-refractivity contribution in [3.63, 3.8) is 0 Å². The number of rotatable bonds is 8. The maximum absolute atomic E-state index is 11.3. The lowest BCUT2D eigenvalue weighted by Crippen LogP contribution is -2.47. The first kappa shape index (κ1) is 24.6. The first-order valence-electron chi connectivity index (χ1n) is 10.4. The molecule has 8 heteroatoms. The number of likely N-dealkylation sites (tertiary alicyclic amines) is 1. The Morgan fingerprint density at radius 3 is 2.87 bits per heavy atom. The first-order chi connectivity index (χ1) is 14.1. The van der Waals surface area contributed by atoms with Crippen LogP contribution in [0.25, 0.3) is 0 Å². The zero-order valence-corrected chi connectivity index (χ0v) is 20.7. The molecule has 3 N–H and O–H groups in total. The molecule has 1 saturated heterocycles. The van der Waals surface area contributed by atoms with Crippen LogP contribution in [0.1, 0.15) is 42.5 Å². The number of carbonyl (C=O) groups is 1. The third-order valence-electron chi connectivity index (χ3n) is 5.10. The van der Waals surface area contributed by atoms with E-state index in [-0.39, 0.29) is 29.9 Å². The number of nitrogens with zero attached hydrogens (tertiary/aromatic N) is 3. The highest BCUT2D eigenvalue weighted by Crippen LogP contribution is 2.20. The number of halogens is 1. The van der Waals surface area contributed by atoms with Crippen LogP contribution in [0.3, 0.4) is 0 Å². The summed E-state index contributed by atoms with van der Waals surface area (Å²) in [5, 5.41) is 6.65. The standard InChI is InChI=1S/C22H31N5OS.HI/c1-2-24-22(27-12-6-9-18(15-27)13-20(23)28)25-14-19-16-29-21(26-19)11-10-17-7-4-3-5-8-17;/h3-5,7-8,16,18H,2,6,9-15H2,1H3,(H2,23,28)(H,24,25);1H. The number of piperidine rings is 1. The largest absolute Gasteiger partial charge is 0.370 e. The molecule has 2 heterocycles. The number of nitrogens with two attached hydrogens (primary N) is 1. The number of aryl methyl sites for hydroxylation is 2. The smallest absolute Gasteiger partial charge is 0.217 e. The van der Waals surface area contributed by atoms with Crippen molar-refractivity contribution in [1.82, 2.24) is 15.2 Å². The van der Waals surface area contributed by atoms with Crippen molar-refractivity contribution in [2.75, 3.05) is 19.6 Å². The van der Waals surface area contributed by atoms with E-state index in [2.05, 4.69) is 46.8 Å². The molecule has 0 bridgehead atoms. The highest BCUT2D eigenvalue weighted by Gasteiger charge is 2.23. The number of thiazole rings is 1. The van der Waals surface area contributed by atoms with Crippen molar-refractivity contribution < 1.29 is 4.79 Å². The van der Waals surface area contributed by atoms with Crippen molar-refractivity contribution in [2.24, 2.45) is 16.6 Å². The van der Waals surface area contributed by atoms with Crippen LogP contribution in [0, 0.1) is 5.92 Å². The minimum atomic E-state index is -0.218. The number of hydrogen-bond acceptors (Lipinski definition) is 4. The molecule has 0 aliphatic carbocycles. The number of guanidine groups is 1. The summed E-state index contributed by atoms with van der Waals surface area (Å²) in [6, 6.07) is 10.5. The van der Waals surface area contributed by atoms with Crippen LogP contribution in [0.2, 0.25) is 0 Å². The Kier molecular flexibility index (Phi) is 10.6. The number of aliphatic imine (C=N–C) groups is 1. The average Bonchev–Trinajstić information content (AvgIpc) is 3.18. The Morgan fingerprint density at radius 1 is 1.33 bits per heavy atom. The zero-order valence-electron chi connectivity index (χ0n) is 17.5. The summed E-state index contributed by atoms with van der Waals surface area (Å²) in [4.78, 5) is 23.1. The number of benzene rings is 1. The minimum Gasteiger partial charge on any atom is -0.370 e. The van der Waals surface area contributed by atoms with Gasteiger partial charge in [-0.15, -0.1) is 35.3 Å². The molecule has 1 atom stereocenters. The van der Waals surface area contributed by atoms with E-state index in [1.54, 1.807) is 11.3 Å². The molecule has 1 aromatic heterocycles. The summed E-state index contributed by atoms with van der Waals surface area (Å²) < 4.78 is 0. The highest BCUT2D eigenvalue weighted by molar-refractivity contribution is 14.0. The zero-order chi connectivity index (χ0) is 20.5. The molecular formula is C22H32IN5OS. The summed E-state index contributed by atoms with van der Waals surface area (Å²) in [6.07, 6.45) is 4.53. The van der Waals surface area contributed by atoms with E-state index < -0.39 is 0 Å². The van der Waals surface area contributed by atoms with Crippen molar-refractivity contribution in [1.29, 1.82) is 0 Å². The number of primary amides is 1. The quantitative estimate of drug-likeness (QED) is 0.304. The number of amides is 1. The second kappa shape index (κ2) is 12.9. The Labute approximate surface area is 200 Å². The molecule has 0 spiro atoms. The molecule has 30 heavy (non-hydrogen) atoms. The summed E-state index contributed by atoms with van der Waals surface area (Å²) in [5.74, 6) is 0.999.